The van der Waals surface area contributed by atoms with E-state index in [9.17, 15) is 4.79 Å². The highest BCUT2D eigenvalue weighted by Crippen LogP contribution is 2.31. The first-order valence-corrected chi connectivity index (χ1v) is 10.6. The monoisotopic (exact) mass is 411 g/mol. The van der Waals surface area contributed by atoms with Crippen molar-refractivity contribution in [2.75, 3.05) is 13.2 Å². The Bertz CT molecular complexity index is 1310. The molecular formula is C26H25N3O2. The number of nitrogens with one attached hydrogen (secondary N) is 1. The Morgan fingerprint density at radius 3 is 2.61 bits per heavy atom. The minimum Gasteiger partial charge on any atom is -0.491 e. The molecule has 0 atom stereocenters. The van der Waals surface area contributed by atoms with Gasteiger partial charge in [-0.1, -0.05) is 18.2 Å². The zero-order valence-electron chi connectivity index (χ0n) is 18.0. The number of rotatable bonds is 2. The number of aromatic amines is 1. The summed E-state index contributed by atoms with van der Waals surface area (Å²) in [5.41, 5.74) is 8.25. The van der Waals surface area contributed by atoms with Crippen LogP contribution in [0.15, 0.2) is 54.6 Å². The average molecular weight is 412 g/mol. The number of H-pyrrole nitrogens is 1. The maximum Gasteiger partial charge on any atom is 0.254 e. The van der Waals surface area contributed by atoms with E-state index in [1.807, 2.05) is 49.1 Å². The number of carbonyl (C=O) groups excluding carboxylic acids is 1. The maximum atomic E-state index is 13.2. The summed E-state index contributed by atoms with van der Waals surface area (Å²) in [6, 6.07) is 18.3. The van der Waals surface area contributed by atoms with E-state index in [2.05, 4.69) is 41.2 Å². The fourth-order valence-corrected chi connectivity index (χ4v) is 4.12. The molecule has 5 heteroatoms. The highest BCUT2D eigenvalue weighted by Gasteiger charge is 2.22. The van der Waals surface area contributed by atoms with Crippen LogP contribution in [-0.2, 0) is 6.54 Å². The van der Waals surface area contributed by atoms with E-state index in [4.69, 9.17) is 4.74 Å². The number of nitrogens with zero attached hydrogens (tertiary/aromatic N) is 2. The Morgan fingerprint density at radius 1 is 0.968 bits per heavy atom. The average Bonchev–Trinajstić information content (AvgIpc) is 3.00. The molecule has 0 aliphatic carbocycles. The summed E-state index contributed by atoms with van der Waals surface area (Å²) < 4.78 is 5.96. The van der Waals surface area contributed by atoms with Gasteiger partial charge in [-0.2, -0.15) is 0 Å². The van der Waals surface area contributed by atoms with Crippen LogP contribution in [0.4, 0.5) is 0 Å². The molecule has 0 saturated heterocycles. The molecule has 31 heavy (non-hydrogen) atoms. The SMILES string of the molecule is Cc1nc2ccc(-c3ccc4c(c3)CN(C(=O)c3ccc(C)c(C)c3)CCO4)cc2[nH]1. The van der Waals surface area contributed by atoms with Crippen molar-refractivity contribution in [2.45, 2.75) is 27.3 Å². The van der Waals surface area contributed by atoms with Crippen molar-refractivity contribution in [1.82, 2.24) is 14.9 Å². The third-order valence-electron chi connectivity index (χ3n) is 6.02. The third-order valence-corrected chi connectivity index (χ3v) is 6.02. The fraction of sp³-hybridized carbons (Fsp3) is 0.231. The Hall–Kier alpha value is -3.60. The van der Waals surface area contributed by atoms with Crippen LogP contribution >= 0.6 is 0 Å². The molecule has 0 bridgehead atoms. The van der Waals surface area contributed by atoms with Crippen molar-refractivity contribution < 1.29 is 9.53 Å². The summed E-state index contributed by atoms with van der Waals surface area (Å²) in [6.45, 7) is 7.64. The van der Waals surface area contributed by atoms with Gasteiger partial charge >= 0.3 is 0 Å². The lowest BCUT2D eigenvalue weighted by Gasteiger charge is -2.20. The van der Waals surface area contributed by atoms with Crippen molar-refractivity contribution >= 4 is 16.9 Å². The van der Waals surface area contributed by atoms with Gasteiger partial charge in [0.25, 0.3) is 5.91 Å². The molecule has 1 aliphatic rings. The summed E-state index contributed by atoms with van der Waals surface area (Å²) in [4.78, 5) is 22.8. The van der Waals surface area contributed by atoms with E-state index in [0.29, 0.717) is 19.7 Å². The van der Waals surface area contributed by atoms with Gasteiger partial charge in [0, 0.05) is 17.7 Å². The van der Waals surface area contributed by atoms with Crippen LogP contribution in [0.3, 0.4) is 0 Å². The largest absolute Gasteiger partial charge is 0.491 e. The second-order valence-corrected chi connectivity index (χ2v) is 8.25. The number of benzene rings is 3. The number of carbonyl (C=O) groups is 1. The molecule has 156 valence electrons. The van der Waals surface area contributed by atoms with Crippen molar-refractivity contribution in [2.24, 2.45) is 0 Å². The Balaban J connectivity index is 1.46. The molecule has 0 radical (unpaired) electrons. The van der Waals surface area contributed by atoms with Gasteiger partial charge in [-0.05, 0) is 79.4 Å². The van der Waals surface area contributed by atoms with Crippen molar-refractivity contribution in [3.8, 4) is 16.9 Å². The summed E-state index contributed by atoms with van der Waals surface area (Å²) in [5, 5.41) is 0. The third kappa shape index (κ3) is 3.67. The van der Waals surface area contributed by atoms with E-state index >= 15 is 0 Å². The minimum absolute atomic E-state index is 0.0410. The number of amides is 1. The lowest BCUT2D eigenvalue weighted by Crippen LogP contribution is -2.32. The molecule has 4 aromatic rings. The standard InChI is InChI=1S/C26H25N3O2/c1-16-4-5-21(12-17(16)2)26(30)29-10-11-31-25-9-7-19(13-22(25)15-29)20-6-8-23-24(14-20)28-18(3)27-23/h4-9,12-14H,10-11,15H2,1-3H3,(H,27,28). The first kappa shape index (κ1) is 19.4. The zero-order valence-corrected chi connectivity index (χ0v) is 18.0. The number of aromatic nitrogens is 2. The molecule has 1 aromatic heterocycles. The molecule has 3 aromatic carbocycles. The first-order valence-electron chi connectivity index (χ1n) is 10.6. The van der Waals surface area contributed by atoms with E-state index in [1.54, 1.807) is 0 Å². The second kappa shape index (κ2) is 7.58. The number of fused-ring (bicyclic) bond motifs is 2. The minimum atomic E-state index is 0.0410. The molecule has 5 rings (SSSR count). The quantitative estimate of drug-likeness (QED) is 0.494. The van der Waals surface area contributed by atoms with Crippen LogP contribution in [0.25, 0.3) is 22.2 Å². The molecular weight excluding hydrogens is 386 g/mol. The van der Waals surface area contributed by atoms with Gasteiger partial charge in [-0.3, -0.25) is 4.79 Å². The maximum absolute atomic E-state index is 13.2. The van der Waals surface area contributed by atoms with Crippen molar-refractivity contribution in [3.63, 3.8) is 0 Å². The van der Waals surface area contributed by atoms with E-state index < -0.39 is 0 Å². The summed E-state index contributed by atoms with van der Waals surface area (Å²) in [7, 11) is 0. The van der Waals surface area contributed by atoms with Crippen molar-refractivity contribution in [1.29, 1.82) is 0 Å². The van der Waals surface area contributed by atoms with Crippen LogP contribution in [0.5, 0.6) is 5.75 Å². The van der Waals surface area contributed by atoms with Crippen LogP contribution in [-0.4, -0.2) is 33.9 Å². The Labute approximate surface area is 181 Å². The van der Waals surface area contributed by atoms with E-state index in [-0.39, 0.29) is 5.91 Å². The molecule has 0 spiro atoms. The second-order valence-electron chi connectivity index (χ2n) is 8.25. The van der Waals surface area contributed by atoms with Gasteiger partial charge in [0.05, 0.1) is 17.6 Å². The van der Waals surface area contributed by atoms with Gasteiger partial charge in [0.15, 0.2) is 0 Å². The summed E-state index contributed by atoms with van der Waals surface area (Å²) in [6.07, 6.45) is 0. The number of aryl methyl sites for hydroxylation is 3. The topological polar surface area (TPSA) is 58.2 Å². The van der Waals surface area contributed by atoms with Crippen LogP contribution in [0.2, 0.25) is 0 Å². The Kier molecular flexibility index (Phi) is 4.74. The van der Waals surface area contributed by atoms with Crippen molar-refractivity contribution in [3.05, 3.63) is 82.7 Å². The molecule has 0 unspecified atom stereocenters. The Morgan fingerprint density at radius 2 is 1.77 bits per heavy atom. The molecule has 2 heterocycles. The number of hydrogen-bond donors (Lipinski definition) is 1. The van der Waals surface area contributed by atoms with Crippen LogP contribution in [0.1, 0.15) is 32.9 Å². The van der Waals surface area contributed by atoms with Gasteiger partial charge in [0.1, 0.15) is 18.2 Å². The molecule has 5 nitrogen and oxygen atoms in total. The first-order chi connectivity index (χ1) is 15.0. The molecule has 1 N–H and O–H groups in total. The van der Waals surface area contributed by atoms with Gasteiger partial charge in [-0.25, -0.2) is 4.98 Å². The molecule has 0 fully saturated rings. The number of ether oxygens (including phenoxy) is 1. The predicted molar refractivity (Wildman–Crippen MR) is 122 cm³/mol. The summed E-state index contributed by atoms with van der Waals surface area (Å²) in [5.74, 6) is 1.79. The lowest BCUT2D eigenvalue weighted by molar-refractivity contribution is 0.0733. The highest BCUT2D eigenvalue weighted by molar-refractivity contribution is 5.94. The molecule has 1 aliphatic heterocycles. The predicted octanol–water partition coefficient (Wildman–Crippen LogP) is 5.19. The smallest absolute Gasteiger partial charge is 0.254 e. The molecule has 0 saturated carbocycles. The van der Waals surface area contributed by atoms with Gasteiger partial charge < -0.3 is 14.6 Å². The summed E-state index contributed by atoms with van der Waals surface area (Å²) >= 11 is 0. The lowest BCUT2D eigenvalue weighted by atomic mass is 10.0. The van der Waals surface area contributed by atoms with Crippen LogP contribution < -0.4 is 4.74 Å². The highest BCUT2D eigenvalue weighted by atomic mass is 16.5. The van der Waals surface area contributed by atoms with Gasteiger partial charge in [0.2, 0.25) is 0 Å². The number of hydrogen-bond acceptors (Lipinski definition) is 3. The van der Waals surface area contributed by atoms with E-state index in [0.717, 1.165) is 50.4 Å². The fourth-order valence-electron chi connectivity index (χ4n) is 4.12. The van der Waals surface area contributed by atoms with E-state index in [1.165, 1.54) is 5.56 Å². The van der Waals surface area contributed by atoms with Gasteiger partial charge in [-0.15, -0.1) is 0 Å². The number of imidazole rings is 1. The van der Waals surface area contributed by atoms with Crippen LogP contribution in [0, 0.1) is 20.8 Å². The normalized spacial score (nSPS) is 13.6. The zero-order chi connectivity index (χ0) is 21.5. The molecule has 1 amide bonds.